The Labute approximate surface area is 184 Å². The summed E-state index contributed by atoms with van der Waals surface area (Å²) in [5, 5.41) is 0.362. The highest BCUT2D eigenvalue weighted by molar-refractivity contribution is 7.89. The van der Waals surface area contributed by atoms with Crippen LogP contribution in [-0.4, -0.2) is 24.7 Å². The number of hydrogen-bond acceptors (Lipinski definition) is 3. The number of benzene rings is 2. The third kappa shape index (κ3) is 5.39. The van der Waals surface area contributed by atoms with E-state index in [0.717, 1.165) is 18.6 Å². The van der Waals surface area contributed by atoms with Crippen molar-refractivity contribution in [3.63, 3.8) is 0 Å². The molecule has 0 spiro atoms. The van der Waals surface area contributed by atoms with Gasteiger partial charge in [-0.1, -0.05) is 36.6 Å². The minimum Gasteiger partial charge on any atom is -0.369 e. The first-order valence-corrected chi connectivity index (χ1v) is 11.5. The van der Waals surface area contributed by atoms with E-state index in [4.69, 9.17) is 17.3 Å². The second kappa shape index (κ2) is 9.18. The molecule has 0 radical (unpaired) electrons. The monoisotopic (exact) mass is 474 g/mol. The van der Waals surface area contributed by atoms with Crippen LogP contribution in [0.5, 0.6) is 0 Å². The van der Waals surface area contributed by atoms with E-state index in [9.17, 15) is 26.4 Å². The number of carbonyl (C=O) groups is 1. The molecule has 10 heteroatoms. The van der Waals surface area contributed by atoms with Crippen LogP contribution in [0.25, 0.3) is 0 Å². The summed E-state index contributed by atoms with van der Waals surface area (Å²) in [5.41, 5.74) is 5.11. The molecule has 2 atom stereocenters. The summed E-state index contributed by atoms with van der Waals surface area (Å²) in [7, 11) is -4.08. The Hall–Kier alpha value is -2.10. The summed E-state index contributed by atoms with van der Waals surface area (Å²) in [6, 6.07) is 9.23. The van der Waals surface area contributed by atoms with Crippen LogP contribution in [0, 0.1) is 5.92 Å². The summed E-state index contributed by atoms with van der Waals surface area (Å²) in [6.07, 6.45) is -2.14. The van der Waals surface area contributed by atoms with Crippen molar-refractivity contribution in [3.8, 4) is 0 Å². The maximum Gasteiger partial charge on any atom is 0.416 e. The van der Waals surface area contributed by atoms with E-state index in [1.54, 1.807) is 0 Å². The van der Waals surface area contributed by atoms with Gasteiger partial charge in [0.2, 0.25) is 15.9 Å². The van der Waals surface area contributed by atoms with Crippen molar-refractivity contribution in [1.29, 1.82) is 0 Å². The molecule has 168 valence electrons. The van der Waals surface area contributed by atoms with Gasteiger partial charge in [-0.2, -0.15) is 17.5 Å². The zero-order valence-electron chi connectivity index (χ0n) is 16.5. The first kappa shape index (κ1) is 23.6. The molecule has 2 aromatic rings. The van der Waals surface area contributed by atoms with Gasteiger partial charge in [-0.15, -0.1) is 0 Å². The predicted octanol–water partition coefficient (Wildman–Crippen LogP) is 4.59. The second-order valence-corrected chi connectivity index (χ2v) is 9.89. The molecular formula is C21H22ClF3N2O3S. The van der Waals surface area contributed by atoms with Crippen LogP contribution < -0.4 is 5.73 Å². The highest BCUT2D eigenvalue weighted by Gasteiger charge is 2.40. The normalized spacial score (nSPS) is 20.0. The van der Waals surface area contributed by atoms with E-state index in [0.29, 0.717) is 29.8 Å². The lowest BCUT2D eigenvalue weighted by molar-refractivity contribution is -0.137. The topological polar surface area (TPSA) is 80.5 Å². The third-order valence-corrected chi connectivity index (χ3v) is 7.64. The lowest BCUT2D eigenvalue weighted by atomic mass is 9.84. The van der Waals surface area contributed by atoms with Crippen molar-refractivity contribution in [1.82, 2.24) is 4.31 Å². The fraction of sp³-hybridized carbons (Fsp3) is 0.381. The number of sulfonamides is 1. The molecule has 0 aliphatic heterocycles. The maximum atomic E-state index is 13.5. The van der Waals surface area contributed by atoms with E-state index in [1.807, 2.05) is 0 Å². The van der Waals surface area contributed by atoms with Crippen molar-refractivity contribution in [2.75, 3.05) is 0 Å². The van der Waals surface area contributed by atoms with Gasteiger partial charge in [0.15, 0.2) is 0 Å². The molecule has 2 aromatic carbocycles. The fourth-order valence-electron chi connectivity index (χ4n) is 3.89. The van der Waals surface area contributed by atoms with E-state index < -0.39 is 39.6 Å². The lowest BCUT2D eigenvalue weighted by Gasteiger charge is -2.38. The minimum atomic E-state index is -4.49. The zero-order valence-corrected chi connectivity index (χ0v) is 18.1. The molecule has 1 fully saturated rings. The smallest absolute Gasteiger partial charge is 0.369 e. The van der Waals surface area contributed by atoms with E-state index in [2.05, 4.69) is 0 Å². The highest BCUT2D eigenvalue weighted by atomic mass is 35.5. The molecule has 0 aromatic heterocycles. The van der Waals surface area contributed by atoms with Crippen molar-refractivity contribution < 1.29 is 26.4 Å². The number of nitrogens with two attached hydrogens (primary N) is 1. The maximum absolute atomic E-state index is 13.5. The Morgan fingerprint density at radius 3 is 2.16 bits per heavy atom. The summed E-state index contributed by atoms with van der Waals surface area (Å²) >= 11 is 5.87. The third-order valence-electron chi connectivity index (χ3n) is 5.50. The van der Waals surface area contributed by atoms with Crippen molar-refractivity contribution >= 4 is 27.5 Å². The SMILES string of the molecule is NC(=O)[C@H]1CCCC[C@H]1N(Cc1ccc(C(F)(F)F)cc1)S(=O)(=O)c1ccc(Cl)cc1. The number of amides is 1. The van der Waals surface area contributed by atoms with Crippen molar-refractivity contribution in [2.45, 2.75) is 49.3 Å². The zero-order chi connectivity index (χ0) is 22.8. The van der Waals surface area contributed by atoms with Crippen LogP contribution in [-0.2, 0) is 27.5 Å². The number of alkyl halides is 3. The first-order chi connectivity index (χ1) is 14.5. The van der Waals surface area contributed by atoms with Crippen molar-refractivity contribution in [3.05, 3.63) is 64.7 Å². The molecule has 2 N–H and O–H groups in total. The number of halogens is 4. The van der Waals surface area contributed by atoms with Crippen LogP contribution in [0.2, 0.25) is 5.02 Å². The van der Waals surface area contributed by atoms with E-state index in [-0.39, 0.29) is 11.4 Å². The Morgan fingerprint density at radius 1 is 1.03 bits per heavy atom. The molecule has 0 heterocycles. The van der Waals surface area contributed by atoms with Gasteiger partial charge < -0.3 is 5.73 Å². The Balaban J connectivity index is 2.01. The standard InChI is InChI=1S/C21H22ClF3N2O3S/c22-16-9-11-17(12-10-16)31(29,30)27(19-4-2-1-3-18(19)20(26)28)13-14-5-7-15(8-6-14)21(23,24)25/h5-12,18-19H,1-4,13H2,(H2,26,28)/t18-,19+/m0/s1. The number of carbonyl (C=O) groups excluding carboxylic acids is 1. The molecule has 5 nitrogen and oxygen atoms in total. The van der Waals surface area contributed by atoms with Gasteiger partial charge in [0.1, 0.15) is 0 Å². The molecule has 0 saturated heterocycles. The van der Waals surface area contributed by atoms with E-state index in [1.165, 1.54) is 40.7 Å². The van der Waals surface area contributed by atoms with Gasteiger partial charge in [0.05, 0.1) is 16.4 Å². The van der Waals surface area contributed by atoms with Gasteiger partial charge in [-0.3, -0.25) is 4.79 Å². The van der Waals surface area contributed by atoms with Crippen LogP contribution in [0.15, 0.2) is 53.4 Å². The molecule has 0 bridgehead atoms. The van der Waals surface area contributed by atoms with E-state index >= 15 is 0 Å². The Morgan fingerprint density at radius 2 is 1.61 bits per heavy atom. The minimum absolute atomic E-state index is 0.0161. The molecule has 31 heavy (non-hydrogen) atoms. The van der Waals surface area contributed by atoms with Gasteiger partial charge in [0, 0.05) is 17.6 Å². The summed E-state index contributed by atoms with van der Waals surface area (Å²) < 4.78 is 66.8. The highest BCUT2D eigenvalue weighted by Crippen LogP contribution is 2.34. The van der Waals surface area contributed by atoms with Gasteiger partial charge in [0.25, 0.3) is 0 Å². The Bertz CT molecular complexity index is 1030. The quantitative estimate of drug-likeness (QED) is 0.664. The number of hydrogen-bond donors (Lipinski definition) is 1. The van der Waals surface area contributed by atoms with Gasteiger partial charge in [-0.25, -0.2) is 8.42 Å². The molecule has 1 amide bonds. The van der Waals surface area contributed by atoms with Crippen LogP contribution >= 0.6 is 11.6 Å². The molecule has 1 aliphatic carbocycles. The summed E-state index contributed by atoms with van der Waals surface area (Å²) in [6.45, 7) is -0.183. The lowest BCUT2D eigenvalue weighted by Crippen LogP contribution is -2.49. The number of primary amides is 1. The fourth-order valence-corrected chi connectivity index (χ4v) is 5.69. The Kier molecular flexibility index (Phi) is 6.98. The van der Waals surface area contributed by atoms with Crippen molar-refractivity contribution in [2.24, 2.45) is 11.7 Å². The molecule has 3 rings (SSSR count). The average Bonchev–Trinajstić information content (AvgIpc) is 2.72. The molecule has 1 saturated carbocycles. The van der Waals surface area contributed by atoms with Gasteiger partial charge in [-0.05, 0) is 54.8 Å². The van der Waals surface area contributed by atoms with Crippen LogP contribution in [0.4, 0.5) is 13.2 Å². The molecule has 1 aliphatic rings. The molecular weight excluding hydrogens is 453 g/mol. The molecule has 0 unspecified atom stereocenters. The number of nitrogens with zero attached hydrogens (tertiary/aromatic N) is 1. The summed E-state index contributed by atoms with van der Waals surface area (Å²) in [4.78, 5) is 12.0. The second-order valence-electron chi connectivity index (χ2n) is 7.56. The van der Waals surface area contributed by atoms with Gasteiger partial charge >= 0.3 is 6.18 Å². The van der Waals surface area contributed by atoms with Crippen LogP contribution in [0.3, 0.4) is 0 Å². The average molecular weight is 475 g/mol. The number of rotatable bonds is 6. The predicted molar refractivity (Wildman–Crippen MR) is 111 cm³/mol. The largest absolute Gasteiger partial charge is 0.416 e. The first-order valence-electron chi connectivity index (χ1n) is 9.73. The van der Waals surface area contributed by atoms with Crippen LogP contribution in [0.1, 0.15) is 36.8 Å². The summed E-state index contributed by atoms with van der Waals surface area (Å²) in [5.74, 6) is -1.27.